The third-order valence-corrected chi connectivity index (χ3v) is 3.84. The van der Waals surface area contributed by atoms with E-state index in [1.54, 1.807) is 7.05 Å². The minimum absolute atomic E-state index is 0.257. The molecular weight excluding hydrogens is 338 g/mol. The van der Waals surface area contributed by atoms with Crippen molar-refractivity contribution in [3.05, 3.63) is 59.7 Å². The smallest absolute Gasteiger partial charge is 0.319 e. The first-order valence-corrected chi connectivity index (χ1v) is 9.63. The maximum absolute atomic E-state index is 11.5. The van der Waals surface area contributed by atoms with Crippen molar-refractivity contribution in [3.63, 3.8) is 0 Å². The second-order valence-electron chi connectivity index (χ2n) is 6.02. The van der Waals surface area contributed by atoms with Crippen LogP contribution in [-0.2, 0) is 13.0 Å². The van der Waals surface area contributed by atoms with Gasteiger partial charge in [-0.25, -0.2) is 4.79 Å². The summed E-state index contributed by atoms with van der Waals surface area (Å²) in [6, 6.07) is 15.5. The standard InChI is InChI=1S/C17H20N2O2.C5H13N/c1-3-13-9-10-16(15(11-13)19-17(20)18-2)21-12-14-7-5-4-6-8-14;1-3-5-6-4-2/h4-11H,3,12H2,1-2H3,(H2,18,19,20);6H,3-5H2,1-2H3. The number of anilines is 1. The Balaban J connectivity index is 0.000000527. The zero-order valence-electron chi connectivity index (χ0n) is 17.0. The molecular formula is C22H33N3O2. The monoisotopic (exact) mass is 371 g/mol. The first kappa shape index (κ1) is 22.5. The molecule has 2 aromatic carbocycles. The van der Waals surface area contributed by atoms with Gasteiger partial charge in [-0.15, -0.1) is 0 Å². The largest absolute Gasteiger partial charge is 0.487 e. The predicted molar refractivity (Wildman–Crippen MR) is 114 cm³/mol. The maximum Gasteiger partial charge on any atom is 0.319 e. The molecule has 5 nitrogen and oxygen atoms in total. The fourth-order valence-corrected chi connectivity index (χ4v) is 2.29. The summed E-state index contributed by atoms with van der Waals surface area (Å²) in [6.07, 6.45) is 2.15. The minimum atomic E-state index is -0.257. The van der Waals surface area contributed by atoms with Gasteiger partial charge in [-0.2, -0.15) is 0 Å². The van der Waals surface area contributed by atoms with E-state index in [-0.39, 0.29) is 6.03 Å². The van der Waals surface area contributed by atoms with Crippen LogP contribution in [0.5, 0.6) is 5.75 Å². The number of rotatable bonds is 8. The molecule has 2 aromatic rings. The second kappa shape index (κ2) is 13.6. The van der Waals surface area contributed by atoms with Gasteiger partial charge in [0, 0.05) is 7.05 Å². The molecule has 2 amide bonds. The number of amides is 2. The molecule has 0 aliphatic rings. The molecule has 0 aromatic heterocycles. The summed E-state index contributed by atoms with van der Waals surface area (Å²) in [7, 11) is 1.59. The summed E-state index contributed by atoms with van der Waals surface area (Å²) in [5.41, 5.74) is 2.92. The van der Waals surface area contributed by atoms with E-state index in [1.165, 1.54) is 6.42 Å². The lowest BCUT2D eigenvalue weighted by Crippen LogP contribution is -2.24. The van der Waals surface area contributed by atoms with Gasteiger partial charge in [0.25, 0.3) is 0 Å². The second-order valence-corrected chi connectivity index (χ2v) is 6.02. The van der Waals surface area contributed by atoms with Crippen molar-refractivity contribution in [2.45, 2.75) is 40.2 Å². The summed E-state index contributed by atoms with van der Waals surface area (Å²) in [5, 5.41) is 8.54. The first-order chi connectivity index (χ1) is 13.1. The number of benzene rings is 2. The summed E-state index contributed by atoms with van der Waals surface area (Å²) >= 11 is 0. The Morgan fingerprint density at radius 2 is 1.74 bits per heavy atom. The van der Waals surface area contributed by atoms with Gasteiger partial charge in [0.15, 0.2) is 0 Å². The van der Waals surface area contributed by atoms with Crippen LogP contribution in [0.1, 0.15) is 38.3 Å². The van der Waals surface area contributed by atoms with Gasteiger partial charge < -0.3 is 20.7 Å². The zero-order valence-corrected chi connectivity index (χ0v) is 17.0. The summed E-state index contributed by atoms with van der Waals surface area (Å²) < 4.78 is 5.83. The number of carbonyl (C=O) groups excluding carboxylic acids is 1. The van der Waals surface area contributed by atoms with E-state index in [9.17, 15) is 4.79 Å². The number of urea groups is 1. The predicted octanol–water partition coefficient (Wildman–Crippen LogP) is 4.59. The minimum Gasteiger partial charge on any atom is -0.487 e. The van der Waals surface area contributed by atoms with Gasteiger partial charge in [-0.1, -0.05) is 57.2 Å². The molecule has 3 N–H and O–H groups in total. The van der Waals surface area contributed by atoms with Crippen molar-refractivity contribution >= 4 is 11.7 Å². The van der Waals surface area contributed by atoms with E-state index in [0.717, 1.165) is 30.6 Å². The molecule has 0 fully saturated rings. The van der Waals surface area contributed by atoms with Gasteiger partial charge in [-0.3, -0.25) is 0 Å². The Kier molecular flexibility index (Phi) is 11.4. The van der Waals surface area contributed by atoms with Crippen LogP contribution >= 0.6 is 0 Å². The van der Waals surface area contributed by atoms with E-state index < -0.39 is 0 Å². The van der Waals surface area contributed by atoms with E-state index >= 15 is 0 Å². The highest BCUT2D eigenvalue weighted by atomic mass is 16.5. The van der Waals surface area contributed by atoms with Crippen molar-refractivity contribution < 1.29 is 9.53 Å². The molecule has 0 aliphatic carbocycles. The zero-order chi connectivity index (χ0) is 19.9. The molecule has 0 heterocycles. The Bertz CT molecular complexity index is 656. The van der Waals surface area contributed by atoms with Crippen LogP contribution < -0.4 is 20.7 Å². The van der Waals surface area contributed by atoms with Crippen LogP contribution in [0.15, 0.2) is 48.5 Å². The number of ether oxygens (including phenoxy) is 1. The lowest BCUT2D eigenvalue weighted by Gasteiger charge is -2.14. The fourth-order valence-electron chi connectivity index (χ4n) is 2.29. The molecule has 0 radical (unpaired) electrons. The molecule has 2 rings (SSSR count). The number of nitrogens with one attached hydrogen (secondary N) is 3. The number of hydrogen-bond donors (Lipinski definition) is 3. The van der Waals surface area contributed by atoms with Crippen LogP contribution in [0.3, 0.4) is 0 Å². The van der Waals surface area contributed by atoms with Crippen molar-refractivity contribution in [2.75, 3.05) is 25.5 Å². The highest BCUT2D eigenvalue weighted by Crippen LogP contribution is 2.27. The summed E-state index contributed by atoms with van der Waals surface area (Å²) in [4.78, 5) is 11.5. The van der Waals surface area contributed by atoms with Crippen LogP contribution in [0.25, 0.3) is 0 Å². The van der Waals surface area contributed by atoms with Gasteiger partial charge in [0.1, 0.15) is 12.4 Å². The average Bonchev–Trinajstić information content (AvgIpc) is 2.72. The molecule has 0 unspecified atom stereocenters. The van der Waals surface area contributed by atoms with Gasteiger partial charge in [0.2, 0.25) is 0 Å². The van der Waals surface area contributed by atoms with Crippen LogP contribution in [0.2, 0.25) is 0 Å². The van der Waals surface area contributed by atoms with E-state index in [0.29, 0.717) is 18.0 Å². The highest BCUT2D eigenvalue weighted by molar-refractivity contribution is 5.90. The molecule has 0 saturated carbocycles. The molecule has 0 bridgehead atoms. The topological polar surface area (TPSA) is 62.4 Å². The van der Waals surface area contributed by atoms with Crippen molar-refractivity contribution in [1.82, 2.24) is 10.6 Å². The molecule has 148 valence electrons. The third-order valence-electron chi connectivity index (χ3n) is 3.84. The van der Waals surface area contributed by atoms with E-state index in [1.807, 2.05) is 48.5 Å². The quantitative estimate of drug-likeness (QED) is 0.595. The molecule has 27 heavy (non-hydrogen) atoms. The van der Waals surface area contributed by atoms with Gasteiger partial charge >= 0.3 is 6.03 Å². The lowest BCUT2D eigenvalue weighted by molar-refractivity contribution is 0.253. The molecule has 0 atom stereocenters. The van der Waals surface area contributed by atoms with Crippen LogP contribution in [0, 0.1) is 0 Å². The summed E-state index contributed by atoms with van der Waals surface area (Å²) in [5.74, 6) is 0.666. The van der Waals surface area contributed by atoms with Crippen molar-refractivity contribution in [3.8, 4) is 5.75 Å². The normalized spacial score (nSPS) is 9.78. The Morgan fingerprint density at radius 1 is 1.00 bits per heavy atom. The van der Waals surface area contributed by atoms with Gasteiger partial charge in [0.05, 0.1) is 5.69 Å². The molecule has 0 spiro atoms. The molecule has 5 heteroatoms. The lowest BCUT2D eigenvalue weighted by atomic mass is 10.1. The maximum atomic E-state index is 11.5. The van der Waals surface area contributed by atoms with Crippen molar-refractivity contribution in [2.24, 2.45) is 0 Å². The average molecular weight is 372 g/mol. The van der Waals surface area contributed by atoms with E-state index in [4.69, 9.17) is 4.74 Å². The molecule has 0 aliphatic heterocycles. The number of carbonyl (C=O) groups is 1. The molecule has 0 saturated heterocycles. The van der Waals surface area contributed by atoms with Crippen LogP contribution in [0.4, 0.5) is 10.5 Å². The Hall–Kier alpha value is -2.53. The van der Waals surface area contributed by atoms with Crippen molar-refractivity contribution in [1.29, 1.82) is 0 Å². The number of hydrogen-bond acceptors (Lipinski definition) is 3. The number of aryl methyl sites for hydroxylation is 1. The highest BCUT2D eigenvalue weighted by Gasteiger charge is 2.08. The van der Waals surface area contributed by atoms with Crippen LogP contribution in [-0.4, -0.2) is 26.2 Å². The Labute approximate surface area is 163 Å². The Morgan fingerprint density at radius 3 is 2.30 bits per heavy atom. The summed E-state index contributed by atoms with van der Waals surface area (Å²) in [6.45, 7) is 9.10. The third kappa shape index (κ3) is 9.11. The SMILES string of the molecule is CCCNCC.CCc1ccc(OCc2ccccc2)c(NC(=O)NC)c1. The van der Waals surface area contributed by atoms with E-state index in [2.05, 4.69) is 36.7 Å². The van der Waals surface area contributed by atoms with Gasteiger partial charge in [-0.05, 0) is 49.2 Å². The first-order valence-electron chi connectivity index (χ1n) is 9.63. The fraction of sp³-hybridized carbons (Fsp3) is 0.409.